The summed E-state index contributed by atoms with van der Waals surface area (Å²) in [7, 11) is 0. The van der Waals surface area contributed by atoms with Gasteiger partial charge in [-0.2, -0.15) is 0 Å². The molecule has 178 valence electrons. The van der Waals surface area contributed by atoms with Gasteiger partial charge in [0.2, 0.25) is 0 Å². The number of fused-ring (bicyclic) bond motifs is 9. The number of H-pyrrole nitrogens is 1. The third kappa shape index (κ3) is 2.89. The molecule has 1 atom stereocenters. The number of imide groups is 2. The fraction of sp³-hybridized carbons (Fsp3) is 0.333. The van der Waals surface area contributed by atoms with Crippen molar-refractivity contribution in [2.45, 2.75) is 52.6 Å². The highest BCUT2D eigenvalue weighted by Crippen LogP contribution is 2.48. The number of benzene rings is 2. The molecule has 2 aromatic carbocycles. The van der Waals surface area contributed by atoms with E-state index in [1.165, 1.54) is 5.56 Å². The number of aliphatic hydroxyl groups is 1. The number of aromatic nitrogens is 1. The van der Waals surface area contributed by atoms with Gasteiger partial charge in [0, 0.05) is 17.1 Å². The fourth-order valence-electron chi connectivity index (χ4n) is 6.22. The van der Waals surface area contributed by atoms with E-state index in [0.717, 1.165) is 53.3 Å². The molecule has 0 saturated heterocycles. The number of hydrogen-bond acceptors (Lipinski definition) is 5. The normalized spacial score (nSPS) is 20.7. The van der Waals surface area contributed by atoms with Crippen LogP contribution < -0.4 is 10.6 Å². The van der Waals surface area contributed by atoms with E-state index >= 15 is 0 Å². The van der Waals surface area contributed by atoms with Crippen LogP contribution in [0.2, 0.25) is 0 Å². The maximum atomic E-state index is 11.9. The van der Waals surface area contributed by atoms with Crippen LogP contribution in [0.4, 0.5) is 0 Å². The van der Waals surface area contributed by atoms with Crippen LogP contribution in [-0.4, -0.2) is 33.7 Å². The summed E-state index contributed by atoms with van der Waals surface area (Å²) in [5, 5.41) is 16.0. The van der Waals surface area contributed by atoms with Gasteiger partial charge in [0.25, 0.3) is 23.6 Å². The van der Waals surface area contributed by atoms with Gasteiger partial charge in [0.15, 0.2) is 0 Å². The molecule has 0 fully saturated rings. The zero-order valence-corrected chi connectivity index (χ0v) is 19.7. The quantitative estimate of drug-likeness (QED) is 0.375. The number of hydrogen-bond donors (Lipinski definition) is 4. The van der Waals surface area contributed by atoms with Crippen LogP contribution in [-0.2, 0) is 19.3 Å². The Bertz CT molecular complexity index is 1530. The molecule has 2 aliphatic carbocycles. The molecule has 1 unspecified atom stereocenters. The topological polar surface area (TPSA) is 128 Å². The third-order valence-electron chi connectivity index (χ3n) is 7.76. The summed E-state index contributed by atoms with van der Waals surface area (Å²) in [6, 6.07) is 3.80. The Labute approximate surface area is 201 Å². The predicted molar refractivity (Wildman–Crippen MR) is 128 cm³/mol. The van der Waals surface area contributed by atoms with E-state index in [1.54, 1.807) is 0 Å². The highest BCUT2D eigenvalue weighted by Gasteiger charge is 2.44. The zero-order valence-electron chi connectivity index (χ0n) is 19.7. The molecule has 35 heavy (non-hydrogen) atoms. The van der Waals surface area contributed by atoms with E-state index < -0.39 is 6.10 Å². The number of carbonyl (C=O) groups excluding carboxylic acids is 4. The lowest BCUT2D eigenvalue weighted by Gasteiger charge is -2.22. The lowest BCUT2D eigenvalue weighted by Crippen LogP contribution is -2.21. The molecule has 7 rings (SSSR count). The van der Waals surface area contributed by atoms with E-state index in [2.05, 4.69) is 15.6 Å². The average Bonchev–Trinajstić information content (AvgIpc) is 3.56. The first-order valence-electron chi connectivity index (χ1n) is 11.8. The molecule has 0 radical (unpaired) electrons. The molecule has 8 heteroatoms. The number of rotatable bonds is 0. The third-order valence-corrected chi connectivity index (χ3v) is 7.76. The van der Waals surface area contributed by atoms with Gasteiger partial charge in [-0.05, 0) is 71.9 Å². The molecule has 0 bridgehead atoms. The second kappa shape index (κ2) is 7.11. The number of carbonyl (C=O) groups is 4. The minimum absolute atomic E-state index is 0.230. The van der Waals surface area contributed by atoms with Crippen molar-refractivity contribution in [3.63, 3.8) is 0 Å². The Hall–Kier alpha value is -3.78. The molecule has 0 spiro atoms. The van der Waals surface area contributed by atoms with Crippen molar-refractivity contribution in [3.05, 3.63) is 68.4 Å². The van der Waals surface area contributed by atoms with Crippen molar-refractivity contribution in [3.8, 4) is 0 Å². The molecule has 3 heterocycles. The molecule has 2 aliphatic heterocycles. The maximum Gasteiger partial charge on any atom is 0.259 e. The fourth-order valence-corrected chi connectivity index (χ4v) is 6.22. The average molecular weight is 472 g/mol. The first-order valence-corrected chi connectivity index (χ1v) is 11.8. The second-order valence-electron chi connectivity index (χ2n) is 10.5. The van der Waals surface area contributed by atoms with Crippen LogP contribution in [0.25, 0.3) is 10.9 Å². The lowest BCUT2D eigenvalue weighted by molar-refractivity contribution is 0.0653. The minimum atomic E-state index is -0.696. The highest BCUT2D eigenvalue weighted by atomic mass is 16.3. The summed E-state index contributed by atoms with van der Waals surface area (Å²) in [6.07, 6.45) is 4.80. The van der Waals surface area contributed by atoms with E-state index in [1.807, 2.05) is 39.1 Å². The van der Waals surface area contributed by atoms with E-state index in [0.29, 0.717) is 27.8 Å². The Morgan fingerprint density at radius 1 is 0.886 bits per heavy atom. The smallest absolute Gasteiger partial charge is 0.259 e. The molecule has 0 saturated carbocycles. The van der Waals surface area contributed by atoms with Crippen LogP contribution in [0.3, 0.4) is 0 Å². The van der Waals surface area contributed by atoms with Crippen LogP contribution in [0.15, 0.2) is 18.3 Å². The molecule has 4 N–H and O–H groups in total. The molecule has 1 aromatic heterocycles. The van der Waals surface area contributed by atoms with Gasteiger partial charge < -0.3 is 10.1 Å². The Morgan fingerprint density at radius 2 is 1.51 bits per heavy atom. The Balaban J connectivity index is 0.000000131. The van der Waals surface area contributed by atoms with Crippen molar-refractivity contribution >= 4 is 34.5 Å². The Kier molecular flexibility index (Phi) is 4.42. The number of aromatic amines is 1. The molecular formula is C27H25N3O5. The van der Waals surface area contributed by atoms with Crippen molar-refractivity contribution in [1.82, 2.24) is 15.6 Å². The monoisotopic (exact) mass is 471 g/mol. The van der Waals surface area contributed by atoms with Crippen LogP contribution in [0, 0.1) is 12.3 Å². The molecule has 8 nitrogen and oxygen atoms in total. The van der Waals surface area contributed by atoms with Crippen LogP contribution >= 0.6 is 0 Å². The predicted octanol–water partition coefficient (Wildman–Crippen LogP) is 3.03. The number of amides is 4. The van der Waals surface area contributed by atoms with Gasteiger partial charge in [0.1, 0.15) is 0 Å². The van der Waals surface area contributed by atoms with Crippen molar-refractivity contribution in [2.24, 2.45) is 5.41 Å². The van der Waals surface area contributed by atoms with Crippen LogP contribution in [0.1, 0.15) is 95.6 Å². The van der Waals surface area contributed by atoms with Gasteiger partial charge >= 0.3 is 0 Å². The van der Waals surface area contributed by atoms with Crippen molar-refractivity contribution in [2.75, 3.05) is 0 Å². The summed E-state index contributed by atoms with van der Waals surface area (Å²) in [5.74, 6) is -1.23. The standard InChI is InChI=1S/C14H15NO3.C13H10N2O2/c1-6-4-7-5-14(2,3)11(16)9(7)10-8(6)12(17)15-13(10)18;16-12-9-6-2-1-3-7(6)11-8(4-5-14-11)10(9)13(17)15-12/h4,11,16H,5H2,1-3H3,(H,15,17,18);4-5,14H,1-3H2,(H,15,16,17). The summed E-state index contributed by atoms with van der Waals surface area (Å²) in [4.78, 5) is 50.5. The number of aryl methyl sites for hydroxylation is 2. The summed E-state index contributed by atoms with van der Waals surface area (Å²) in [6.45, 7) is 5.76. The van der Waals surface area contributed by atoms with Crippen LogP contribution in [0.5, 0.6) is 0 Å². The molecule has 3 aromatic rings. The zero-order chi connectivity index (χ0) is 24.8. The molecular weight excluding hydrogens is 446 g/mol. The van der Waals surface area contributed by atoms with Crippen molar-refractivity contribution in [1.29, 1.82) is 0 Å². The second-order valence-corrected chi connectivity index (χ2v) is 10.5. The summed E-state index contributed by atoms with van der Waals surface area (Å²) < 4.78 is 0. The van der Waals surface area contributed by atoms with Gasteiger partial charge in [-0.3, -0.25) is 29.8 Å². The summed E-state index contributed by atoms with van der Waals surface area (Å²) in [5.41, 5.74) is 7.43. The Morgan fingerprint density at radius 3 is 2.26 bits per heavy atom. The van der Waals surface area contributed by atoms with E-state index in [-0.39, 0.29) is 29.0 Å². The maximum absolute atomic E-state index is 11.9. The van der Waals surface area contributed by atoms with E-state index in [9.17, 15) is 24.3 Å². The first kappa shape index (κ1) is 21.7. The molecule has 4 amide bonds. The van der Waals surface area contributed by atoms with Crippen molar-refractivity contribution < 1.29 is 24.3 Å². The largest absolute Gasteiger partial charge is 0.388 e. The minimum Gasteiger partial charge on any atom is -0.388 e. The number of nitrogens with one attached hydrogen (secondary N) is 3. The number of aliphatic hydroxyl groups excluding tert-OH is 1. The van der Waals surface area contributed by atoms with E-state index in [4.69, 9.17) is 0 Å². The lowest BCUT2D eigenvalue weighted by atomic mass is 9.86. The summed E-state index contributed by atoms with van der Waals surface area (Å²) >= 11 is 0. The van der Waals surface area contributed by atoms with Gasteiger partial charge in [-0.15, -0.1) is 0 Å². The first-order chi connectivity index (χ1) is 16.6. The van der Waals surface area contributed by atoms with Gasteiger partial charge in [0.05, 0.1) is 28.4 Å². The molecule has 4 aliphatic rings. The SMILES string of the molecule is Cc1cc2c(c3c1C(=O)NC3=O)C(O)C(C)(C)C2.O=C1NC(=O)c2c1c1c(c3[nH]ccc23)CCC1. The highest BCUT2D eigenvalue weighted by molar-refractivity contribution is 6.27. The van der Waals surface area contributed by atoms with Gasteiger partial charge in [-0.25, -0.2) is 0 Å². The van der Waals surface area contributed by atoms with Gasteiger partial charge in [-0.1, -0.05) is 19.9 Å².